The minimum Gasteiger partial charge on any atom is -0.462 e. The van der Waals surface area contributed by atoms with Crippen LogP contribution in [0.15, 0.2) is 34.7 Å². The number of hydrogen-bond acceptors (Lipinski definition) is 6. The first kappa shape index (κ1) is 21.0. The number of nitrogens with one attached hydrogen (secondary N) is 1. The monoisotopic (exact) mass is 433 g/mol. The van der Waals surface area contributed by atoms with Gasteiger partial charge in [0.15, 0.2) is 0 Å². The fourth-order valence-electron chi connectivity index (χ4n) is 2.70. The summed E-state index contributed by atoms with van der Waals surface area (Å²) < 4.78 is 6.39. The number of esters is 1. The lowest BCUT2D eigenvalue weighted by Gasteiger charge is -2.10. The van der Waals surface area contributed by atoms with Crippen LogP contribution in [0.25, 0.3) is 10.2 Å². The molecule has 0 spiro atoms. The summed E-state index contributed by atoms with van der Waals surface area (Å²) in [6, 6.07) is 5.19. The van der Waals surface area contributed by atoms with Crippen LogP contribution in [-0.4, -0.2) is 28.0 Å². The Bertz CT molecular complexity index is 1120. The molecule has 0 aliphatic carbocycles. The second-order valence-corrected chi connectivity index (χ2v) is 7.72. The molecule has 0 saturated heterocycles. The van der Waals surface area contributed by atoms with Gasteiger partial charge in [-0.3, -0.25) is 14.2 Å². The highest BCUT2D eigenvalue weighted by atomic mass is 35.5. The van der Waals surface area contributed by atoms with Gasteiger partial charge in [-0.1, -0.05) is 31.0 Å². The van der Waals surface area contributed by atoms with E-state index >= 15 is 0 Å². The van der Waals surface area contributed by atoms with Gasteiger partial charge in [0.2, 0.25) is 5.91 Å². The Hall–Kier alpha value is -2.71. The van der Waals surface area contributed by atoms with Crippen molar-refractivity contribution in [2.45, 2.75) is 33.2 Å². The van der Waals surface area contributed by atoms with Crippen molar-refractivity contribution in [1.29, 1.82) is 0 Å². The van der Waals surface area contributed by atoms with Crippen molar-refractivity contribution in [2.24, 2.45) is 0 Å². The molecule has 29 heavy (non-hydrogen) atoms. The van der Waals surface area contributed by atoms with Crippen LogP contribution < -0.4 is 10.9 Å². The molecule has 0 radical (unpaired) electrons. The summed E-state index contributed by atoms with van der Waals surface area (Å²) in [5, 5.41) is 5.01. The predicted molar refractivity (Wildman–Crippen MR) is 114 cm³/mol. The van der Waals surface area contributed by atoms with Crippen molar-refractivity contribution in [2.75, 3.05) is 11.9 Å². The molecule has 2 heterocycles. The molecule has 3 rings (SSSR count). The highest BCUT2D eigenvalue weighted by molar-refractivity contribution is 7.17. The average molecular weight is 434 g/mol. The average Bonchev–Trinajstić information content (AvgIpc) is 3.13. The Morgan fingerprint density at radius 1 is 1.34 bits per heavy atom. The summed E-state index contributed by atoms with van der Waals surface area (Å²) in [6.45, 7) is 3.84. The number of carbonyl (C=O) groups excluding carboxylic acids is 2. The van der Waals surface area contributed by atoms with Crippen molar-refractivity contribution < 1.29 is 14.3 Å². The number of halogens is 1. The van der Waals surface area contributed by atoms with E-state index in [0.29, 0.717) is 22.1 Å². The van der Waals surface area contributed by atoms with Gasteiger partial charge in [0.05, 0.1) is 23.9 Å². The molecule has 1 N–H and O–H groups in total. The van der Waals surface area contributed by atoms with Crippen LogP contribution in [0.4, 0.5) is 5.69 Å². The standard InChI is InChI=1S/C20H20ClN3O4S/c1-3-4-8-28-20(27)13-10-29-18-17(13)19(26)24(11-22-18)9-16(25)23-15-7-5-6-14(21)12(15)2/h5-7,10-11H,3-4,8-9H2,1-2H3,(H,23,25). The molecule has 0 aliphatic heterocycles. The molecule has 0 saturated carbocycles. The lowest BCUT2D eigenvalue weighted by molar-refractivity contribution is -0.116. The molecule has 0 bridgehead atoms. The lowest BCUT2D eigenvalue weighted by atomic mass is 10.2. The van der Waals surface area contributed by atoms with E-state index in [2.05, 4.69) is 10.3 Å². The fourth-order valence-corrected chi connectivity index (χ4v) is 3.75. The van der Waals surface area contributed by atoms with Crippen LogP contribution in [0.1, 0.15) is 35.7 Å². The highest BCUT2D eigenvalue weighted by Crippen LogP contribution is 2.23. The van der Waals surface area contributed by atoms with E-state index in [1.165, 1.54) is 22.2 Å². The summed E-state index contributed by atoms with van der Waals surface area (Å²) in [5.41, 5.74) is 1.02. The summed E-state index contributed by atoms with van der Waals surface area (Å²) in [4.78, 5) is 42.3. The third-order valence-electron chi connectivity index (χ3n) is 4.37. The number of rotatable bonds is 7. The molecule has 3 aromatic rings. The maximum Gasteiger partial charge on any atom is 0.339 e. The van der Waals surface area contributed by atoms with Crippen LogP contribution in [-0.2, 0) is 16.1 Å². The number of unbranched alkanes of at least 4 members (excludes halogenated alkanes) is 1. The van der Waals surface area contributed by atoms with Crippen LogP contribution in [0.5, 0.6) is 0 Å². The first-order valence-electron chi connectivity index (χ1n) is 9.11. The van der Waals surface area contributed by atoms with Crippen molar-refractivity contribution in [1.82, 2.24) is 9.55 Å². The third-order valence-corrected chi connectivity index (χ3v) is 5.66. The zero-order valence-corrected chi connectivity index (χ0v) is 17.6. The second-order valence-electron chi connectivity index (χ2n) is 6.46. The smallest absolute Gasteiger partial charge is 0.339 e. The van der Waals surface area contributed by atoms with E-state index in [1.54, 1.807) is 30.5 Å². The molecule has 2 aromatic heterocycles. The molecule has 0 atom stereocenters. The highest BCUT2D eigenvalue weighted by Gasteiger charge is 2.19. The van der Waals surface area contributed by atoms with E-state index in [1.807, 2.05) is 6.92 Å². The van der Waals surface area contributed by atoms with Gasteiger partial charge in [-0.25, -0.2) is 9.78 Å². The van der Waals surface area contributed by atoms with Crippen molar-refractivity contribution in [3.8, 4) is 0 Å². The van der Waals surface area contributed by atoms with Gasteiger partial charge in [-0.15, -0.1) is 11.3 Å². The Labute approximate surface area is 176 Å². The van der Waals surface area contributed by atoms with Crippen molar-refractivity contribution >= 4 is 50.7 Å². The number of nitrogens with zero attached hydrogens (tertiary/aromatic N) is 2. The molecular formula is C20H20ClN3O4S. The van der Waals surface area contributed by atoms with Gasteiger partial charge in [-0.05, 0) is 31.0 Å². The molecular weight excluding hydrogens is 414 g/mol. The molecule has 152 valence electrons. The van der Waals surface area contributed by atoms with Crippen LogP contribution in [0.3, 0.4) is 0 Å². The zero-order valence-electron chi connectivity index (χ0n) is 16.0. The molecule has 1 aromatic carbocycles. The normalized spacial score (nSPS) is 10.9. The minimum absolute atomic E-state index is 0.172. The SMILES string of the molecule is CCCCOC(=O)c1csc2ncn(CC(=O)Nc3cccc(Cl)c3C)c(=O)c12. The van der Waals surface area contributed by atoms with Gasteiger partial charge in [0, 0.05) is 16.1 Å². The number of ether oxygens (including phenoxy) is 1. The zero-order chi connectivity index (χ0) is 21.0. The van der Waals surface area contributed by atoms with Crippen LogP contribution >= 0.6 is 22.9 Å². The van der Waals surface area contributed by atoms with Gasteiger partial charge < -0.3 is 10.1 Å². The van der Waals surface area contributed by atoms with E-state index in [4.69, 9.17) is 16.3 Å². The number of amides is 1. The fraction of sp³-hybridized carbons (Fsp3) is 0.300. The summed E-state index contributed by atoms with van der Waals surface area (Å²) >= 11 is 7.26. The first-order chi connectivity index (χ1) is 13.9. The first-order valence-corrected chi connectivity index (χ1v) is 10.4. The van der Waals surface area contributed by atoms with Crippen LogP contribution in [0, 0.1) is 6.92 Å². The van der Waals surface area contributed by atoms with Crippen molar-refractivity contribution in [3.05, 3.63) is 56.4 Å². The molecule has 0 fully saturated rings. The summed E-state index contributed by atoms with van der Waals surface area (Å²) in [7, 11) is 0. The second kappa shape index (κ2) is 9.19. The Kier molecular flexibility index (Phi) is 6.66. The molecule has 7 nitrogen and oxygen atoms in total. The largest absolute Gasteiger partial charge is 0.462 e. The molecule has 0 unspecified atom stereocenters. The predicted octanol–water partition coefficient (Wildman–Crippen LogP) is 4.02. The maximum absolute atomic E-state index is 12.9. The number of aromatic nitrogens is 2. The quantitative estimate of drug-likeness (QED) is 0.449. The van der Waals surface area contributed by atoms with E-state index in [9.17, 15) is 14.4 Å². The van der Waals surface area contributed by atoms with Gasteiger partial charge in [-0.2, -0.15) is 0 Å². The number of hydrogen-bond donors (Lipinski definition) is 1. The number of benzene rings is 1. The topological polar surface area (TPSA) is 90.3 Å². The van der Waals surface area contributed by atoms with E-state index in [-0.39, 0.29) is 17.5 Å². The van der Waals surface area contributed by atoms with E-state index in [0.717, 1.165) is 18.4 Å². The Morgan fingerprint density at radius 2 is 2.14 bits per heavy atom. The van der Waals surface area contributed by atoms with Crippen LogP contribution in [0.2, 0.25) is 5.02 Å². The number of anilines is 1. The third kappa shape index (κ3) is 4.65. The Morgan fingerprint density at radius 3 is 2.90 bits per heavy atom. The number of carbonyl (C=O) groups is 2. The maximum atomic E-state index is 12.9. The van der Waals surface area contributed by atoms with Crippen molar-refractivity contribution in [3.63, 3.8) is 0 Å². The summed E-state index contributed by atoms with van der Waals surface area (Å²) in [6.07, 6.45) is 2.95. The Balaban J connectivity index is 1.83. The lowest BCUT2D eigenvalue weighted by Crippen LogP contribution is -2.28. The molecule has 1 amide bonds. The van der Waals surface area contributed by atoms with Gasteiger partial charge in [0.25, 0.3) is 5.56 Å². The molecule has 9 heteroatoms. The summed E-state index contributed by atoms with van der Waals surface area (Å²) in [5.74, 6) is -0.957. The van der Waals surface area contributed by atoms with Gasteiger partial charge in [0.1, 0.15) is 11.4 Å². The molecule has 0 aliphatic rings. The minimum atomic E-state index is -0.555. The van der Waals surface area contributed by atoms with E-state index < -0.39 is 17.4 Å². The number of thiophene rings is 1. The van der Waals surface area contributed by atoms with Gasteiger partial charge >= 0.3 is 5.97 Å². The number of fused-ring (bicyclic) bond motifs is 1.